The molecule has 5 nitrogen and oxygen atoms in total. The lowest BCUT2D eigenvalue weighted by Gasteiger charge is -2.18. The van der Waals surface area contributed by atoms with Crippen LogP contribution in [0.15, 0.2) is 79.4 Å². The molecule has 0 aliphatic carbocycles. The Balaban J connectivity index is 1.93. The van der Waals surface area contributed by atoms with Gasteiger partial charge < -0.3 is 19.3 Å². The normalized spacial score (nSPS) is 10.2. The highest BCUT2D eigenvalue weighted by atomic mass is 16.5. The summed E-state index contributed by atoms with van der Waals surface area (Å²) in [6, 6.07) is 22.6. The number of carboxylic acid groups (broad SMARTS) is 1. The Kier molecular flexibility index (Phi) is 6.53. The second-order valence-electron chi connectivity index (χ2n) is 6.34. The van der Waals surface area contributed by atoms with E-state index < -0.39 is 5.97 Å². The Morgan fingerprint density at radius 1 is 0.862 bits per heavy atom. The van der Waals surface area contributed by atoms with Gasteiger partial charge in [-0.1, -0.05) is 67.2 Å². The van der Waals surface area contributed by atoms with E-state index in [4.69, 9.17) is 14.2 Å². The Hall–Kier alpha value is -3.73. The van der Waals surface area contributed by atoms with Crippen LogP contribution in [0.2, 0.25) is 0 Å². The quantitative estimate of drug-likeness (QED) is 0.524. The number of hydrogen-bond acceptors (Lipinski definition) is 4. The minimum atomic E-state index is -1.11. The largest absolute Gasteiger partial charge is 0.493 e. The standard InChI is InChI=1S/C24H22O5/c1-17(24(25)26)20-13-21(27-2)23(29-16-19-11-7-4-8-12-19)22(14-20)28-15-18-9-5-3-6-10-18/h3-14H,1,15-16H2,2H3,(H,25,26). The molecule has 0 aromatic heterocycles. The Morgan fingerprint density at radius 2 is 1.38 bits per heavy atom. The van der Waals surface area contributed by atoms with Crippen molar-refractivity contribution in [3.63, 3.8) is 0 Å². The van der Waals surface area contributed by atoms with Gasteiger partial charge in [-0.2, -0.15) is 0 Å². The average Bonchev–Trinajstić information content (AvgIpc) is 2.76. The Bertz CT molecular complexity index is 981. The van der Waals surface area contributed by atoms with E-state index in [1.54, 1.807) is 12.1 Å². The summed E-state index contributed by atoms with van der Waals surface area (Å²) in [5, 5.41) is 9.31. The second-order valence-corrected chi connectivity index (χ2v) is 6.34. The number of ether oxygens (including phenoxy) is 3. The summed E-state index contributed by atoms with van der Waals surface area (Å²) in [5.41, 5.74) is 2.30. The van der Waals surface area contributed by atoms with Gasteiger partial charge in [0.1, 0.15) is 13.2 Å². The van der Waals surface area contributed by atoms with Crippen LogP contribution in [0.5, 0.6) is 17.2 Å². The van der Waals surface area contributed by atoms with Gasteiger partial charge >= 0.3 is 5.97 Å². The molecule has 0 radical (unpaired) electrons. The lowest BCUT2D eigenvalue weighted by atomic mass is 10.1. The third-order valence-corrected chi connectivity index (χ3v) is 4.31. The molecule has 3 rings (SSSR count). The van der Waals surface area contributed by atoms with Crippen molar-refractivity contribution < 1.29 is 24.1 Å². The summed E-state index contributed by atoms with van der Waals surface area (Å²) in [4.78, 5) is 11.4. The summed E-state index contributed by atoms with van der Waals surface area (Å²) >= 11 is 0. The third-order valence-electron chi connectivity index (χ3n) is 4.31. The average molecular weight is 390 g/mol. The molecule has 0 saturated heterocycles. The maximum Gasteiger partial charge on any atom is 0.335 e. The van der Waals surface area contributed by atoms with Crippen molar-refractivity contribution in [2.24, 2.45) is 0 Å². The van der Waals surface area contributed by atoms with Crippen LogP contribution >= 0.6 is 0 Å². The molecule has 0 fully saturated rings. The summed E-state index contributed by atoms with van der Waals surface area (Å²) in [6.07, 6.45) is 0. The van der Waals surface area contributed by atoms with Crippen LogP contribution in [0.1, 0.15) is 16.7 Å². The van der Waals surface area contributed by atoms with E-state index in [-0.39, 0.29) is 5.57 Å². The van der Waals surface area contributed by atoms with Gasteiger partial charge in [-0.3, -0.25) is 0 Å². The van der Waals surface area contributed by atoms with Crippen molar-refractivity contribution in [3.8, 4) is 17.2 Å². The first kappa shape index (κ1) is 20.0. The third kappa shape index (κ3) is 5.17. The van der Waals surface area contributed by atoms with Crippen LogP contribution in [0.3, 0.4) is 0 Å². The first-order chi connectivity index (χ1) is 14.1. The van der Waals surface area contributed by atoms with E-state index in [0.717, 1.165) is 11.1 Å². The van der Waals surface area contributed by atoms with Crippen molar-refractivity contribution >= 4 is 11.5 Å². The zero-order valence-electron chi connectivity index (χ0n) is 16.1. The van der Waals surface area contributed by atoms with E-state index in [0.29, 0.717) is 36.0 Å². The van der Waals surface area contributed by atoms with Crippen molar-refractivity contribution in [1.82, 2.24) is 0 Å². The van der Waals surface area contributed by atoms with Gasteiger partial charge in [-0.05, 0) is 28.8 Å². The van der Waals surface area contributed by atoms with Crippen LogP contribution in [-0.4, -0.2) is 18.2 Å². The van der Waals surface area contributed by atoms with Crippen LogP contribution in [0.4, 0.5) is 0 Å². The summed E-state index contributed by atoms with van der Waals surface area (Å²) in [7, 11) is 1.50. The number of benzene rings is 3. The number of methoxy groups -OCH3 is 1. The van der Waals surface area contributed by atoms with E-state index in [1.807, 2.05) is 60.7 Å². The minimum Gasteiger partial charge on any atom is -0.493 e. The maximum atomic E-state index is 11.4. The molecule has 0 bridgehead atoms. The van der Waals surface area contributed by atoms with Gasteiger partial charge in [0, 0.05) is 0 Å². The summed E-state index contributed by atoms with van der Waals surface area (Å²) in [5.74, 6) is 0.0682. The molecule has 29 heavy (non-hydrogen) atoms. The van der Waals surface area contributed by atoms with Gasteiger partial charge in [-0.15, -0.1) is 0 Å². The number of aliphatic carboxylic acids is 1. The van der Waals surface area contributed by atoms with Gasteiger partial charge in [0.15, 0.2) is 11.5 Å². The molecule has 3 aromatic carbocycles. The summed E-state index contributed by atoms with van der Waals surface area (Å²) in [6.45, 7) is 4.25. The maximum absolute atomic E-state index is 11.4. The monoisotopic (exact) mass is 390 g/mol. The van der Waals surface area contributed by atoms with Gasteiger partial charge in [0.25, 0.3) is 0 Å². The van der Waals surface area contributed by atoms with Crippen LogP contribution in [0, 0.1) is 0 Å². The lowest BCUT2D eigenvalue weighted by molar-refractivity contribution is -0.130. The molecule has 0 aliphatic rings. The molecule has 0 heterocycles. The van der Waals surface area contributed by atoms with E-state index in [2.05, 4.69) is 6.58 Å². The number of carboxylic acids is 1. The Labute approximate surface area is 169 Å². The van der Waals surface area contributed by atoms with Crippen molar-refractivity contribution in [2.45, 2.75) is 13.2 Å². The smallest absolute Gasteiger partial charge is 0.335 e. The van der Waals surface area contributed by atoms with E-state index >= 15 is 0 Å². The predicted molar refractivity (Wildman–Crippen MR) is 111 cm³/mol. The first-order valence-corrected chi connectivity index (χ1v) is 9.06. The summed E-state index contributed by atoms with van der Waals surface area (Å²) < 4.78 is 17.4. The molecule has 1 N–H and O–H groups in total. The molecule has 0 saturated carbocycles. The highest BCUT2D eigenvalue weighted by Crippen LogP contribution is 2.41. The molecule has 0 atom stereocenters. The Morgan fingerprint density at radius 3 is 1.90 bits per heavy atom. The minimum absolute atomic E-state index is 0.0533. The molecular weight excluding hydrogens is 368 g/mol. The lowest BCUT2D eigenvalue weighted by Crippen LogP contribution is -2.05. The molecule has 0 unspecified atom stereocenters. The van der Waals surface area contributed by atoms with Gasteiger partial charge in [0.2, 0.25) is 5.75 Å². The van der Waals surface area contributed by atoms with Gasteiger partial charge in [0.05, 0.1) is 12.7 Å². The fourth-order valence-electron chi connectivity index (χ4n) is 2.74. The predicted octanol–water partition coefficient (Wildman–Crippen LogP) is 4.95. The molecule has 0 amide bonds. The highest BCUT2D eigenvalue weighted by molar-refractivity contribution is 6.14. The number of hydrogen-bond donors (Lipinski definition) is 1. The molecule has 3 aromatic rings. The fourth-order valence-corrected chi connectivity index (χ4v) is 2.74. The van der Waals surface area contributed by atoms with Crippen molar-refractivity contribution in [3.05, 3.63) is 96.1 Å². The van der Waals surface area contributed by atoms with Crippen molar-refractivity contribution in [1.29, 1.82) is 0 Å². The van der Waals surface area contributed by atoms with Crippen LogP contribution in [-0.2, 0) is 18.0 Å². The molecular formula is C24H22O5. The van der Waals surface area contributed by atoms with Gasteiger partial charge in [-0.25, -0.2) is 4.79 Å². The SMILES string of the molecule is C=C(C(=O)O)c1cc(OC)c(OCc2ccccc2)c(OCc2ccccc2)c1. The molecule has 0 aliphatic heterocycles. The molecule has 148 valence electrons. The van der Waals surface area contributed by atoms with E-state index in [9.17, 15) is 9.90 Å². The number of carbonyl (C=O) groups is 1. The molecule has 0 spiro atoms. The fraction of sp³-hybridized carbons (Fsp3) is 0.125. The van der Waals surface area contributed by atoms with E-state index in [1.165, 1.54) is 7.11 Å². The molecule has 5 heteroatoms. The highest BCUT2D eigenvalue weighted by Gasteiger charge is 2.19. The second kappa shape index (κ2) is 9.46. The van der Waals surface area contributed by atoms with Crippen LogP contribution < -0.4 is 14.2 Å². The van der Waals surface area contributed by atoms with Crippen LogP contribution in [0.25, 0.3) is 5.57 Å². The van der Waals surface area contributed by atoms with Crippen molar-refractivity contribution in [2.75, 3.05) is 7.11 Å². The zero-order valence-corrected chi connectivity index (χ0v) is 16.1. The zero-order chi connectivity index (χ0) is 20.6. The first-order valence-electron chi connectivity index (χ1n) is 9.06. The topological polar surface area (TPSA) is 65.0 Å². The number of rotatable bonds is 9.